The topological polar surface area (TPSA) is 62.2 Å². The van der Waals surface area contributed by atoms with Crippen LogP contribution in [0.4, 0.5) is 5.69 Å². The number of hydrogen-bond donors (Lipinski definition) is 2. The Morgan fingerprint density at radius 1 is 1.04 bits per heavy atom. The molecule has 0 aliphatic carbocycles. The van der Waals surface area contributed by atoms with E-state index in [2.05, 4.69) is 42.2 Å². The molecule has 0 saturated carbocycles. The maximum Gasteiger partial charge on any atom is 0.256 e. The molecule has 1 aliphatic rings. The standard InChI is InChI=1S/C20H12Br2N2O2.ClH/c21-16-7-11(8-17(22)19(16)25)6-15-14-9-12(13-2-1-5-23-10-13)3-4-18(14)24-20(15)26;/h1-10,25H,(H,24,26);1H/p-1/b15-6+;. The summed E-state index contributed by atoms with van der Waals surface area (Å²) in [6.07, 6.45) is 5.33. The largest absolute Gasteiger partial charge is 1.00 e. The van der Waals surface area contributed by atoms with Crippen molar-refractivity contribution in [3.63, 3.8) is 0 Å². The Morgan fingerprint density at radius 3 is 2.44 bits per heavy atom. The van der Waals surface area contributed by atoms with E-state index in [1.165, 1.54) is 0 Å². The molecule has 0 fully saturated rings. The van der Waals surface area contributed by atoms with E-state index in [1.807, 2.05) is 36.4 Å². The third-order valence-electron chi connectivity index (χ3n) is 4.15. The van der Waals surface area contributed by atoms with Gasteiger partial charge in [-0.15, -0.1) is 0 Å². The quantitative estimate of drug-likeness (QED) is 0.524. The summed E-state index contributed by atoms with van der Waals surface area (Å²) in [5.41, 5.74) is 4.99. The molecule has 2 N–H and O–H groups in total. The summed E-state index contributed by atoms with van der Waals surface area (Å²) >= 11 is 6.64. The number of hydrogen-bond acceptors (Lipinski definition) is 3. The molecule has 27 heavy (non-hydrogen) atoms. The predicted octanol–water partition coefficient (Wildman–Crippen LogP) is 2.48. The molecule has 2 heterocycles. The molecule has 1 aliphatic heterocycles. The highest BCUT2D eigenvalue weighted by Crippen LogP contribution is 2.38. The smallest absolute Gasteiger partial charge is 0.256 e. The molecular formula is C20H12Br2ClN2O2-. The van der Waals surface area contributed by atoms with Crippen molar-refractivity contribution in [1.82, 2.24) is 4.98 Å². The van der Waals surface area contributed by atoms with E-state index < -0.39 is 0 Å². The average molecular weight is 508 g/mol. The summed E-state index contributed by atoms with van der Waals surface area (Å²) in [5.74, 6) is -0.0223. The lowest BCUT2D eigenvalue weighted by Gasteiger charge is -2.06. The van der Waals surface area contributed by atoms with Crippen LogP contribution in [0, 0.1) is 0 Å². The van der Waals surface area contributed by atoms with Gasteiger partial charge in [0.2, 0.25) is 0 Å². The van der Waals surface area contributed by atoms with Crippen LogP contribution in [0.2, 0.25) is 0 Å². The van der Waals surface area contributed by atoms with E-state index >= 15 is 0 Å². The van der Waals surface area contributed by atoms with Gasteiger partial charge >= 0.3 is 0 Å². The molecule has 1 aromatic heterocycles. The monoisotopic (exact) mass is 505 g/mol. The zero-order chi connectivity index (χ0) is 18.3. The van der Waals surface area contributed by atoms with Gasteiger partial charge in [0.15, 0.2) is 0 Å². The molecule has 2 aromatic carbocycles. The lowest BCUT2D eigenvalue weighted by molar-refractivity contribution is -0.110. The Balaban J connectivity index is 0.00000210. The Bertz CT molecular complexity index is 1050. The Morgan fingerprint density at radius 2 is 1.78 bits per heavy atom. The molecule has 3 aromatic rings. The maximum atomic E-state index is 12.5. The van der Waals surface area contributed by atoms with Crippen molar-refractivity contribution >= 4 is 55.1 Å². The fraction of sp³-hybridized carbons (Fsp3) is 0. The van der Waals surface area contributed by atoms with Crippen LogP contribution in [-0.4, -0.2) is 16.0 Å². The average Bonchev–Trinajstić information content (AvgIpc) is 2.95. The van der Waals surface area contributed by atoms with Crippen LogP contribution >= 0.6 is 31.9 Å². The van der Waals surface area contributed by atoms with Crippen molar-refractivity contribution in [3.05, 3.63) is 74.9 Å². The molecular weight excluding hydrogens is 495 g/mol. The minimum absolute atomic E-state index is 0. The number of aromatic hydroxyl groups is 1. The number of carbonyl (C=O) groups excluding carboxylic acids is 1. The number of fused-ring (bicyclic) bond motifs is 1. The molecule has 4 rings (SSSR count). The third kappa shape index (κ3) is 3.78. The number of rotatable bonds is 2. The summed E-state index contributed by atoms with van der Waals surface area (Å²) in [6.45, 7) is 0. The number of amides is 1. The van der Waals surface area contributed by atoms with Gasteiger partial charge in [-0.05, 0) is 79.4 Å². The van der Waals surface area contributed by atoms with E-state index in [9.17, 15) is 9.90 Å². The molecule has 0 unspecified atom stereocenters. The molecule has 0 saturated heterocycles. The highest BCUT2D eigenvalue weighted by Gasteiger charge is 2.24. The van der Waals surface area contributed by atoms with Gasteiger partial charge in [0.25, 0.3) is 5.91 Å². The summed E-state index contributed by atoms with van der Waals surface area (Å²) in [7, 11) is 0. The number of nitrogens with zero attached hydrogens (tertiary/aromatic N) is 1. The van der Waals surface area contributed by atoms with Crippen LogP contribution in [0.15, 0.2) is 63.8 Å². The second-order valence-electron chi connectivity index (χ2n) is 5.85. The van der Waals surface area contributed by atoms with Crippen LogP contribution in [0.1, 0.15) is 11.1 Å². The number of aromatic nitrogens is 1. The third-order valence-corrected chi connectivity index (χ3v) is 5.36. The Hall–Kier alpha value is -2.15. The predicted molar refractivity (Wildman–Crippen MR) is 110 cm³/mol. The van der Waals surface area contributed by atoms with Gasteiger partial charge in [0.1, 0.15) is 5.75 Å². The molecule has 4 nitrogen and oxygen atoms in total. The Labute approximate surface area is 179 Å². The van der Waals surface area contributed by atoms with Crippen LogP contribution < -0.4 is 17.7 Å². The number of benzene rings is 2. The van der Waals surface area contributed by atoms with Crippen molar-refractivity contribution in [2.45, 2.75) is 0 Å². The number of nitrogens with one attached hydrogen (secondary N) is 1. The second kappa shape index (κ2) is 7.84. The lowest BCUT2D eigenvalue weighted by Crippen LogP contribution is -3.00. The fourth-order valence-corrected chi connectivity index (χ4v) is 4.10. The Kier molecular flexibility index (Phi) is 5.69. The summed E-state index contributed by atoms with van der Waals surface area (Å²) < 4.78 is 1.11. The minimum atomic E-state index is -0.149. The van der Waals surface area contributed by atoms with Crippen LogP contribution in [0.3, 0.4) is 0 Å². The highest BCUT2D eigenvalue weighted by atomic mass is 79.9. The zero-order valence-electron chi connectivity index (χ0n) is 13.7. The van der Waals surface area contributed by atoms with Crippen molar-refractivity contribution in [2.75, 3.05) is 5.32 Å². The van der Waals surface area contributed by atoms with Crippen LogP contribution in [-0.2, 0) is 4.79 Å². The minimum Gasteiger partial charge on any atom is -1.00 e. The molecule has 0 bridgehead atoms. The van der Waals surface area contributed by atoms with Gasteiger partial charge in [-0.3, -0.25) is 9.78 Å². The first-order chi connectivity index (χ1) is 12.5. The molecule has 0 atom stereocenters. The van der Waals surface area contributed by atoms with Crippen molar-refractivity contribution in [3.8, 4) is 16.9 Å². The van der Waals surface area contributed by atoms with Crippen LogP contribution in [0.25, 0.3) is 22.8 Å². The lowest BCUT2D eigenvalue weighted by atomic mass is 9.99. The van der Waals surface area contributed by atoms with Gasteiger partial charge < -0.3 is 22.8 Å². The first-order valence-corrected chi connectivity index (χ1v) is 9.37. The van der Waals surface area contributed by atoms with Crippen LogP contribution in [0.5, 0.6) is 5.75 Å². The number of anilines is 1. The van der Waals surface area contributed by atoms with E-state index in [-0.39, 0.29) is 24.1 Å². The number of carbonyl (C=O) groups is 1. The number of phenols is 1. The van der Waals surface area contributed by atoms with Gasteiger partial charge in [-0.2, -0.15) is 0 Å². The molecule has 136 valence electrons. The van der Waals surface area contributed by atoms with E-state index in [4.69, 9.17) is 0 Å². The maximum absolute atomic E-state index is 12.5. The molecule has 0 spiro atoms. The number of phenolic OH excluding ortho intramolecular Hbond substituents is 1. The molecule has 7 heteroatoms. The highest BCUT2D eigenvalue weighted by molar-refractivity contribution is 9.11. The first kappa shape index (κ1) is 19.6. The second-order valence-corrected chi connectivity index (χ2v) is 7.56. The van der Waals surface area contributed by atoms with Gasteiger partial charge in [-0.1, -0.05) is 12.1 Å². The SMILES string of the molecule is O=C1Nc2ccc(-c3cccnc3)cc2/C1=C\c1cc(Br)c(O)c(Br)c1.[Cl-]. The van der Waals surface area contributed by atoms with Crippen molar-refractivity contribution < 1.29 is 22.3 Å². The van der Waals surface area contributed by atoms with E-state index in [0.29, 0.717) is 14.5 Å². The molecule has 1 amide bonds. The van der Waals surface area contributed by atoms with Crippen molar-refractivity contribution in [1.29, 1.82) is 0 Å². The first-order valence-electron chi connectivity index (χ1n) is 7.79. The normalized spacial score (nSPS) is 13.9. The van der Waals surface area contributed by atoms with Gasteiger partial charge in [-0.25, -0.2) is 0 Å². The number of pyridine rings is 1. The van der Waals surface area contributed by atoms with Gasteiger partial charge in [0.05, 0.1) is 8.95 Å². The number of halogens is 3. The van der Waals surface area contributed by atoms with E-state index in [0.717, 1.165) is 27.9 Å². The van der Waals surface area contributed by atoms with Gasteiger partial charge in [0, 0.05) is 34.8 Å². The fourth-order valence-electron chi connectivity index (χ4n) is 2.88. The van der Waals surface area contributed by atoms with E-state index in [1.54, 1.807) is 24.5 Å². The van der Waals surface area contributed by atoms with Crippen molar-refractivity contribution in [2.24, 2.45) is 0 Å². The zero-order valence-corrected chi connectivity index (χ0v) is 17.6. The summed E-state index contributed by atoms with van der Waals surface area (Å²) in [4.78, 5) is 16.6. The molecule has 0 radical (unpaired) electrons. The summed E-state index contributed by atoms with van der Waals surface area (Å²) in [6, 6.07) is 13.3. The summed E-state index contributed by atoms with van der Waals surface area (Å²) in [5, 5.41) is 12.8.